The summed E-state index contributed by atoms with van der Waals surface area (Å²) < 4.78 is 10.6. The molecule has 0 aromatic heterocycles. The number of ether oxygens (including phenoxy) is 2. The highest BCUT2D eigenvalue weighted by atomic mass is 16.6. The largest absolute Gasteiger partial charge is 0.478 e. The molecule has 2 aromatic rings. The van der Waals surface area contributed by atoms with E-state index in [-0.39, 0.29) is 17.2 Å². The highest BCUT2D eigenvalue weighted by Crippen LogP contribution is 2.44. The van der Waals surface area contributed by atoms with Crippen LogP contribution < -0.4 is 5.32 Å². The fourth-order valence-electron chi connectivity index (χ4n) is 4.93. The van der Waals surface area contributed by atoms with Gasteiger partial charge in [0.2, 0.25) is 12.2 Å². The lowest BCUT2D eigenvalue weighted by molar-refractivity contribution is -0.159. The summed E-state index contributed by atoms with van der Waals surface area (Å²) in [7, 11) is 0. The van der Waals surface area contributed by atoms with Gasteiger partial charge in [0.1, 0.15) is 0 Å². The van der Waals surface area contributed by atoms with Crippen LogP contribution in [0.3, 0.4) is 0 Å². The van der Waals surface area contributed by atoms with Crippen molar-refractivity contribution >= 4 is 23.8 Å². The number of hydrogen-bond acceptors (Lipinski definition) is 6. The molecule has 0 aliphatic heterocycles. The molecule has 2 saturated carbocycles. The second kappa shape index (κ2) is 10.3. The van der Waals surface area contributed by atoms with E-state index in [0.717, 1.165) is 36.8 Å². The van der Waals surface area contributed by atoms with Gasteiger partial charge in [0, 0.05) is 6.04 Å². The van der Waals surface area contributed by atoms with Gasteiger partial charge in [0.05, 0.1) is 11.1 Å². The van der Waals surface area contributed by atoms with Crippen molar-refractivity contribution in [1.82, 2.24) is 5.32 Å². The molecule has 2 fully saturated rings. The zero-order chi connectivity index (χ0) is 25.1. The molecular formula is C27H29NO7. The number of aryl methyl sites for hydroxylation is 2. The first-order chi connectivity index (χ1) is 16.7. The van der Waals surface area contributed by atoms with E-state index in [4.69, 9.17) is 9.47 Å². The first-order valence-corrected chi connectivity index (χ1v) is 11.8. The minimum absolute atomic E-state index is 0.121. The van der Waals surface area contributed by atoms with Gasteiger partial charge >= 0.3 is 17.9 Å². The van der Waals surface area contributed by atoms with Crippen molar-refractivity contribution in [2.45, 2.75) is 57.8 Å². The van der Waals surface area contributed by atoms with Crippen LogP contribution in [0.4, 0.5) is 0 Å². The zero-order valence-electron chi connectivity index (χ0n) is 19.7. The van der Waals surface area contributed by atoms with Gasteiger partial charge in [-0.05, 0) is 69.2 Å². The summed E-state index contributed by atoms with van der Waals surface area (Å²) in [6.45, 7) is 3.70. The van der Waals surface area contributed by atoms with Crippen LogP contribution in [0, 0.1) is 25.7 Å². The molecule has 0 radical (unpaired) electrons. The summed E-state index contributed by atoms with van der Waals surface area (Å²) in [5.41, 5.74) is 2.11. The maximum atomic E-state index is 13.3. The summed E-state index contributed by atoms with van der Waals surface area (Å²) in [6.07, 6.45) is 0.0641. The molecule has 5 unspecified atom stereocenters. The Balaban J connectivity index is 1.56. The molecule has 35 heavy (non-hydrogen) atoms. The van der Waals surface area contributed by atoms with E-state index in [1.54, 1.807) is 24.3 Å². The Morgan fingerprint density at radius 2 is 1.31 bits per heavy atom. The molecule has 5 atom stereocenters. The predicted molar refractivity (Wildman–Crippen MR) is 126 cm³/mol. The van der Waals surface area contributed by atoms with E-state index in [9.17, 15) is 24.3 Å². The number of amides is 1. The average Bonchev–Trinajstić information content (AvgIpc) is 3.45. The van der Waals surface area contributed by atoms with E-state index in [1.807, 2.05) is 13.8 Å². The first-order valence-electron chi connectivity index (χ1n) is 11.8. The first kappa shape index (κ1) is 24.4. The van der Waals surface area contributed by atoms with E-state index in [0.29, 0.717) is 11.8 Å². The van der Waals surface area contributed by atoms with Crippen molar-refractivity contribution in [1.29, 1.82) is 0 Å². The summed E-state index contributed by atoms with van der Waals surface area (Å²) >= 11 is 0. The molecule has 8 nitrogen and oxygen atoms in total. The molecule has 0 heterocycles. The SMILES string of the molecule is Cc1ccc(C(=O)OC(C(=O)O)C(OC(=O)c2ccc(C)cc2)C(=O)NC2CC3CCC2C3)cc1. The minimum atomic E-state index is -2.02. The lowest BCUT2D eigenvalue weighted by Crippen LogP contribution is -2.53. The number of benzene rings is 2. The van der Waals surface area contributed by atoms with Gasteiger partial charge in [-0.25, -0.2) is 14.4 Å². The third-order valence-corrected chi connectivity index (χ3v) is 6.89. The van der Waals surface area contributed by atoms with E-state index in [1.165, 1.54) is 24.3 Å². The molecule has 8 heteroatoms. The van der Waals surface area contributed by atoms with Crippen molar-refractivity contribution in [3.05, 3.63) is 70.8 Å². The highest BCUT2D eigenvalue weighted by molar-refractivity contribution is 5.96. The number of carbonyl (C=O) groups is 4. The number of carboxylic acid groups (broad SMARTS) is 1. The van der Waals surface area contributed by atoms with Crippen LogP contribution in [0.5, 0.6) is 0 Å². The van der Waals surface area contributed by atoms with Crippen LogP contribution in [-0.4, -0.2) is 47.2 Å². The van der Waals surface area contributed by atoms with Gasteiger partial charge in [0.25, 0.3) is 5.91 Å². The summed E-state index contributed by atoms with van der Waals surface area (Å²) in [6, 6.07) is 12.7. The Hall–Kier alpha value is -3.68. The van der Waals surface area contributed by atoms with E-state index < -0.39 is 36.0 Å². The summed E-state index contributed by atoms with van der Waals surface area (Å²) in [5.74, 6) is -3.33. The number of rotatable bonds is 8. The van der Waals surface area contributed by atoms with E-state index in [2.05, 4.69) is 5.32 Å². The van der Waals surface area contributed by atoms with Crippen LogP contribution in [-0.2, 0) is 19.1 Å². The predicted octanol–water partition coefficient (Wildman–Crippen LogP) is 3.44. The second-order valence-corrected chi connectivity index (χ2v) is 9.51. The summed E-state index contributed by atoms with van der Waals surface area (Å²) in [4.78, 5) is 50.9. The quantitative estimate of drug-likeness (QED) is 0.557. The maximum absolute atomic E-state index is 13.3. The number of aliphatic carboxylic acids is 1. The van der Waals surface area contributed by atoms with Crippen molar-refractivity contribution in [3.8, 4) is 0 Å². The number of esters is 2. The molecule has 184 valence electrons. The van der Waals surface area contributed by atoms with Crippen LogP contribution in [0.15, 0.2) is 48.5 Å². The molecule has 2 aliphatic carbocycles. The van der Waals surface area contributed by atoms with Crippen LogP contribution in [0.1, 0.15) is 57.5 Å². The number of carboxylic acids is 1. The van der Waals surface area contributed by atoms with Crippen molar-refractivity contribution < 1.29 is 33.8 Å². The molecule has 4 rings (SSSR count). The highest BCUT2D eigenvalue weighted by Gasteiger charge is 2.45. The van der Waals surface area contributed by atoms with Crippen LogP contribution >= 0.6 is 0 Å². The lowest BCUT2D eigenvalue weighted by atomic mass is 9.95. The molecular weight excluding hydrogens is 450 g/mol. The lowest BCUT2D eigenvalue weighted by Gasteiger charge is -2.28. The number of carbonyl (C=O) groups excluding carboxylic acids is 3. The maximum Gasteiger partial charge on any atom is 0.349 e. The molecule has 1 amide bonds. The Labute approximate surface area is 203 Å². The van der Waals surface area contributed by atoms with Crippen molar-refractivity contribution in [2.75, 3.05) is 0 Å². The van der Waals surface area contributed by atoms with Gasteiger partial charge in [-0.15, -0.1) is 0 Å². The van der Waals surface area contributed by atoms with Gasteiger partial charge in [0.15, 0.2) is 0 Å². The third kappa shape index (κ3) is 5.70. The topological polar surface area (TPSA) is 119 Å². The zero-order valence-corrected chi connectivity index (χ0v) is 19.7. The molecule has 2 N–H and O–H groups in total. The van der Waals surface area contributed by atoms with Crippen LogP contribution in [0.25, 0.3) is 0 Å². The Kier molecular flexibility index (Phi) is 7.19. The molecule has 0 spiro atoms. The normalized spacial score (nSPS) is 22.2. The molecule has 0 saturated heterocycles. The van der Waals surface area contributed by atoms with E-state index >= 15 is 0 Å². The number of nitrogens with one attached hydrogen (secondary N) is 1. The van der Waals surface area contributed by atoms with Gasteiger partial charge in [-0.1, -0.05) is 41.8 Å². The minimum Gasteiger partial charge on any atom is -0.478 e. The van der Waals surface area contributed by atoms with Crippen LogP contribution in [0.2, 0.25) is 0 Å². The van der Waals surface area contributed by atoms with Crippen molar-refractivity contribution in [2.24, 2.45) is 11.8 Å². The Bertz CT molecular complexity index is 1110. The molecule has 2 aromatic carbocycles. The number of fused-ring (bicyclic) bond motifs is 2. The second-order valence-electron chi connectivity index (χ2n) is 9.51. The van der Waals surface area contributed by atoms with Gasteiger partial charge in [-0.3, -0.25) is 4.79 Å². The third-order valence-electron chi connectivity index (χ3n) is 6.89. The number of hydrogen-bond donors (Lipinski definition) is 2. The monoisotopic (exact) mass is 479 g/mol. The smallest absolute Gasteiger partial charge is 0.349 e. The fraction of sp³-hybridized carbons (Fsp3) is 0.407. The molecule has 2 bridgehead atoms. The Morgan fingerprint density at radius 3 is 1.74 bits per heavy atom. The molecule has 2 aliphatic rings. The summed E-state index contributed by atoms with van der Waals surface area (Å²) in [5, 5.41) is 12.7. The average molecular weight is 480 g/mol. The fourth-order valence-corrected chi connectivity index (χ4v) is 4.93. The van der Waals surface area contributed by atoms with Crippen molar-refractivity contribution in [3.63, 3.8) is 0 Å². The van der Waals surface area contributed by atoms with Gasteiger partial charge < -0.3 is 19.9 Å². The standard InChI is InChI=1S/C27H29NO7/c1-15-3-8-18(9-4-15)26(32)34-22(24(29)28-21-14-17-7-12-20(21)13-17)23(25(30)31)35-27(33)19-10-5-16(2)6-11-19/h3-6,8-11,17,20-23H,7,12-14H2,1-2H3,(H,28,29)(H,30,31). The van der Waals surface area contributed by atoms with Gasteiger partial charge in [-0.2, -0.15) is 0 Å². The Morgan fingerprint density at radius 1 is 0.800 bits per heavy atom.